The van der Waals surface area contributed by atoms with Gasteiger partial charge in [-0.15, -0.1) is 11.3 Å². The van der Waals surface area contributed by atoms with E-state index in [-0.39, 0.29) is 0 Å². The van der Waals surface area contributed by atoms with Crippen LogP contribution in [0.5, 0.6) is 0 Å². The number of benzene rings is 10. The molecule has 0 unspecified atom stereocenters. The molecule has 61 heavy (non-hydrogen) atoms. The topological polar surface area (TPSA) is 8.17 Å². The summed E-state index contributed by atoms with van der Waals surface area (Å²) in [5.41, 5.74) is 14.0. The molecule has 2 nitrogen and oxygen atoms in total. The third kappa shape index (κ3) is 5.93. The van der Waals surface area contributed by atoms with Crippen molar-refractivity contribution in [3.63, 3.8) is 0 Å². The number of hydrogen-bond acceptors (Lipinski definition) is 2. The summed E-state index contributed by atoms with van der Waals surface area (Å²) in [4.78, 5) is 2.49. The van der Waals surface area contributed by atoms with E-state index >= 15 is 0 Å². The van der Waals surface area contributed by atoms with Gasteiger partial charge in [0.2, 0.25) is 0 Å². The number of anilines is 3. The highest BCUT2D eigenvalue weighted by molar-refractivity contribution is 7.26. The second-order valence-electron chi connectivity index (χ2n) is 15.7. The molecule has 2 aromatic heterocycles. The lowest BCUT2D eigenvalue weighted by Crippen LogP contribution is -2.11. The van der Waals surface area contributed by atoms with Gasteiger partial charge in [-0.3, -0.25) is 0 Å². The molecule has 0 radical (unpaired) electrons. The van der Waals surface area contributed by atoms with Crippen molar-refractivity contribution in [1.29, 1.82) is 0 Å². The summed E-state index contributed by atoms with van der Waals surface area (Å²) < 4.78 is 4.97. The summed E-state index contributed by atoms with van der Waals surface area (Å²) in [6.45, 7) is 0. The maximum atomic E-state index is 2.49. The average Bonchev–Trinajstić information content (AvgIpc) is 3.88. The Bertz CT molecular complexity index is 3540. The first-order chi connectivity index (χ1) is 30.3. The van der Waals surface area contributed by atoms with Crippen LogP contribution in [0, 0.1) is 0 Å². The quantitative estimate of drug-likeness (QED) is 0.156. The Labute approximate surface area is 358 Å². The van der Waals surface area contributed by atoms with E-state index in [0.717, 1.165) is 28.3 Å². The number of para-hydroxylation sites is 3. The molecule has 0 spiro atoms. The smallest absolute Gasteiger partial charge is 0.0640 e. The first-order valence-electron chi connectivity index (χ1n) is 20.8. The minimum atomic E-state index is 1.09. The molecule has 12 rings (SSSR count). The van der Waals surface area contributed by atoms with Gasteiger partial charge in [0.25, 0.3) is 0 Å². The van der Waals surface area contributed by atoms with Crippen LogP contribution in [0.15, 0.2) is 231 Å². The van der Waals surface area contributed by atoms with Crippen molar-refractivity contribution in [3.8, 4) is 39.1 Å². The first kappa shape index (κ1) is 35.2. The molecule has 0 aliphatic carbocycles. The Balaban J connectivity index is 1.08. The van der Waals surface area contributed by atoms with Crippen molar-refractivity contribution in [2.24, 2.45) is 0 Å². The van der Waals surface area contributed by atoms with Gasteiger partial charge in [-0.25, -0.2) is 0 Å². The van der Waals surface area contributed by atoms with Gasteiger partial charge in [0.05, 0.1) is 32.8 Å². The molecular formula is C58H38N2S. The van der Waals surface area contributed by atoms with E-state index < -0.39 is 0 Å². The first-order valence-corrected chi connectivity index (χ1v) is 21.7. The molecule has 12 aromatic rings. The van der Waals surface area contributed by atoms with Crippen molar-refractivity contribution in [1.82, 2.24) is 4.57 Å². The van der Waals surface area contributed by atoms with Crippen molar-refractivity contribution < 1.29 is 0 Å². The Kier molecular flexibility index (Phi) is 8.39. The number of hydrogen-bond donors (Lipinski definition) is 0. The molecule has 0 aliphatic heterocycles. The SMILES string of the molecule is c1ccc(-c2ccc(-c3ccc4ccccc4c3)cc2N(c2ccc(-c3ccccc3-n3c4ccccc4c4ccccc43)cc2)c2cccc3c2sc2ccccc23)cc1. The van der Waals surface area contributed by atoms with E-state index in [0.29, 0.717) is 0 Å². The van der Waals surface area contributed by atoms with Crippen LogP contribution in [0.4, 0.5) is 17.1 Å². The lowest BCUT2D eigenvalue weighted by atomic mass is 9.95. The van der Waals surface area contributed by atoms with Gasteiger partial charge in [0.1, 0.15) is 0 Å². The van der Waals surface area contributed by atoms with Crippen LogP contribution in [0.1, 0.15) is 0 Å². The molecule has 0 saturated heterocycles. The van der Waals surface area contributed by atoms with Gasteiger partial charge in [-0.05, 0) is 87.6 Å². The molecule has 0 bridgehead atoms. The third-order valence-electron chi connectivity index (χ3n) is 12.2. The van der Waals surface area contributed by atoms with E-state index in [1.165, 1.54) is 80.6 Å². The van der Waals surface area contributed by atoms with Crippen molar-refractivity contribution in [3.05, 3.63) is 231 Å². The number of aromatic nitrogens is 1. The second-order valence-corrected chi connectivity index (χ2v) is 16.7. The maximum absolute atomic E-state index is 2.49. The molecule has 0 N–H and O–H groups in total. The maximum Gasteiger partial charge on any atom is 0.0640 e. The van der Waals surface area contributed by atoms with Gasteiger partial charge in [0.15, 0.2) is 0 Å². The van der Waals surface area contributed by atoms with Gasteiger partial charge in [-0.1, -0.05) is 176 Å². The van der Waals surface area contributed by atoms with Crippen LogP contribution < -0.4 is 4.90 Å². The molecule has 3 heteroatoms. The van der Waals surface area contributed by atoms with Crippen molar-refractivity contribution >= 4 is 81.1 Å². The van der Waals surface area contributed by atoms with Crippen LogP contribution in [0.3, 0.4) is 0 Å². The zero-order valence-electron chi connectivity index (χ0n) is 33.2. The molecule has 0 saturated carbocycles. The average molecular weight is 795 g/mol. The van der Waals surface area contributed by atoms with Crippen LogP contribution in [-0.2, 0) is 0 Å². The van der Waals surface area contributed by atoms with Gasteiger partial charge in [-0.2, -0.15) is 0 Å². The molecule has 286 valence electrons. The lowest BCUT2D eigenvalue weighted by Gasteiger charge is -2.29. The fourth-order valence-electron chi connectivity index (χ4n) is 9.33. The van der Waals surface area contributed by atoms with Crippen molar-refractivity contribution in [2.45, 2.75) is 0 Å². The summed E-state index contributed by atoms with van der Waals surface area (Å²) in [5, 5.41) is 7.55. The zero-order chi connectivity index (χ0) is 40.3. The molecule has 0 fully saturated rings. The monoisotopic (exact) mass is 794 g/mol. The van der Waals surface area contributed by atoms with Gasteiger partial charge >= 0.3 is 0 Å². The van der Waals surface area contributed by atoms with Crippen LogP contribution in [0.2, 0.25) is 0 Å². The minimum absolute atomic E-state index is 1.09. The minimum Gasteiger partial charge on any atom is -0.309 e. The zero-order valence-corrected chi connectivity index (χ0v) is 34.1. The molecule has 0 amide bonds. The molecule has 2 heterocycles. The summed E-state index contributed by atoms with van der Waals surface area (Å²) in [7, 11) is 0. The van der Waals surface area contributed by atoms with Crippen LogP contribution >= 0.6 is 11.3 Å². The summed E-state index contributed by atoms with van der Waals surface area (Å²) in [6.07, 6.45) is 0. The van der Waals surface area contributed by atoms with Crippen molar-refractivity contribution in [2.75, 3.05) is 4.90 Å². The van der Waals surface area contributed by atoms with E-state index in [9.17, 15) is 0 Å². The van der Waals surface area contributed by atoms with E-state index in [1.54, 1.807) is 0 Å². The van der Waals surface area contributed by atoms with Crippen LogP contribution in [-0.4, -0.2) is 4.57 Å². The highest BCUT2D eigenvalue weighted by Gasteiger charge is 2.23. The highest BCUT2D eigenvalue weighted by atomic mass is 32.1. The summed E-state index contributed by atoms with van der Waals surface area (Å²) in [6, 6.07) is 84.3. The highest BCUT2D eigenvalue weighted by Crippen LogP contribution is 2.48. The summed E-state index contributed by atoms with van der Waals surface area (Å²) in [5.74, 6) is 0. The number of thiophene rings is 1. The lowest BCUT2D eigenvalue weighted by molar-refractivity contribution is 1.18. The Morgan fingerprint density at radius 2 is 0.934 bits per heavy atom. The normalized spacial score (nSPS) is 11.6. The standard InChI is InChI=1S/C58H38N2S/c1-2-16-40(17-3-1)47-36-33-44(43-30-29-39-15-4-5-18-42(39)37-43)38-56(47)59(55-27-14-23-51-50-22-9-13-28-57(50)61-58(51)55)45-34-31-41(32-35-45)46-19-6-10-24-52(46)60-53-25-11-7-20-48(53)49-21-8-12-26-54(49)60/h1-38H. The fraction of sp³-hybridized carbons (Fsp3) is 0. The molecule has 10 aromatic carbocycles. The largest absolute Gasteiger partial charge is 0.309 e. The molecular weight excluding hydrogens is 757 g/mol. The predicted molar refractivity (Wildman–Crippen MR) is 262 cm³/mol. The van der Waals surface area contributed by atoms with Gasteiger partial charge in [0, 0.05) is 43.1 Å². The predicted octanol–water partition coefficient (Wildman–Crippen LogP) is 16.8. The molecule has 0 aliphatic rings. The van der Waals surface area contributed by atoms with E-state index in [4.69, 9.17) is 0 Å². The Hall–Kier alpha value is -7.72. The van der Waals surface area contributed by atoms with Crippen LogP contribution in [0.25, 0.3) is 91.8 Å². The number of nitrogens with zero attached hydrogens (tertiary/aromatic N) is 2. The number of fused-ring (bicyclic) bond motifs is 7. The number of rotatable bonds is 7. The van der Waals surface area contributed by atoms with Gasteiger partial charge < -0.3 is 9.47 Å². The fourth-order valence-corrected chi connectivity index (χ4v) is 10.5. The summed E-state index contributed by atoms with van der Waals surface area (Å²) >= 11 is 1.87. The Morgan fingerprint density at radius 1 is 0.344 bits per heavy atom. The second kappa shape index (κ2) is 14.5. The Morgan fingerprint density at radius 3 is 1.74 bits per heavy atom. The molecule has 0 atom stereocenters. The third-order valence-corrected chi connectivity index (χ3v) is 13.4. The van der Waals surface area contributed by atoms with E-state index in [2.05, 4.69) is 240 Å². The van der Waals surface area contributed by atoms with E-state index in [1.807, 2.05) is 11.3 Å².